The summed E-state index contributed by atoms with van der Waals surface area (Å²) >= 11 is 4.14. The standard InChI is InChI=1S/C66H93IN4O24S2Si/c1-14-70(37(6)73)40-32-89-48(30-44(40)84-7)94-61-57(79)53(69-95-49-29-42(75)62(36(5)91-49)97-64(81)50-33(2)52(67)39(58(85-8)59(50)86-9)28-45-56(78)60(87-10)55(77)35(4)90-45)34(3)92-65(61)93-43(20-17-15-16-18-25-72)51-38(21-22-41(74)54(51)68-66(82)88-11)23-26-96-46-31-47(76)71(63(46)80)24-19-27-98(12,13)83/h15-16,23,34-36,40,42-46,48-49,53,55-57,60-62,65,69,72,75,77-79,83H,14,19,21-22,24,26-32H2,1-13H3,(H,68,82)/b16-15-,38-23-/t34?,35?,36?,40?,42?,43-,44?,45?,46?,48?,49?,53?,55?,56?,57?,60?,61?,62?,65?/m0/s1. The van der Waals surface area contributed by atoms with Crippen molar-refractivity contribution in [3.63, 3.8) is 0 Å². The van der Waals surface area contributed by atoms with Crippen molar-refractivity contribution in [3.8, 4) is 35.4 Å². The number of aliphatic hydroxyl groups is 5. The highest BCUT2D eigenvalue weighted by Crippen LogP contribution is 2.46. The molecule has 1 aromatic rings. The summed E-state index contributed by atoms with van der Waals surface area (Å²) in [5.41, 5.74) is 4.45. The lowest BCUT2D eigenvalue weighted by atomic mass is 9.86. The van der Waals surface area contributed by atoms with Gasteiger partial charge in [0, 0.05) is 86.8 Å². The van der Waals surface area contributed by atoms with Gasteiger partial charge in [0.05, 0.1) is 98.4 Å². The number of likely N-dealkylation sites (N-methyl/N-ethyl adjacent to an activating group) is 1. The molecule has 0 radical (unpaired) electrons. The Labute approximate surface area is 594 Å². The van der Waals surface area contributed by atoms with Gasteiger partial charge in [0.25, 0.3) is 0 Å². The molecule has 98 heavy (non-hydrogen) atoms. The number of benzene rings is 1. The van der Waals surface area contributed by atoms with Gasteiger partial charge < -0.3 is 87.3 Å². The molecular weight excluding hydrogens is 1450 g/mol. The summed E-state index contributed by atoms with van der Waals surface area (Å²) in [6.07, 6.45) is -11.6. The van der Waals surface area contributed by atoms with Crippen LogP contribution in [0, 0.1) is 34.4 Å². The van der Waals surface area contributed by atoms with E-state index in [1.807, 2.05) is 6.92 Å². The molecule has 0 saturated carbocycles. The monoisotopic (exact) mass is 1540 g/mol. The minimum atomic E-state index is -2.43. The molecule has 544 valence electrons. The molecule has 0 aromatic heterocycles. The number of likely N-dealkylation sites (tertiary alicyclic amines) is 1. The number of aliphatic hydroxyl groups excluding tert-OH is 5. The van der Waals surface area contributed by atoms with Crippen LogP contribution in [-0.4, -0.2) is 259 Å². The van der Waals surface area contributed by atoms with Gasteiger partial charge in [0.15, 0.2) is 44.5 Å². The van der Waals surface area contributed by atoms with Crippen LogP contribution in [0.1, 0.15) is 94.6 Å². The van der Waals surface area contributed by atoms with Gasteiger partial charge in [0.2, 0.25) is 22.8 Å². The van der Waals surface area contributed by atoms with Gasteiger partial charge in [-0.2, -0.15) is 5.48 Å². The van der Waals surface area contributed by atoms with E-state index in [9.17, 15) is 59.1 Å². The Kier molecular flexibility index (Phi) is 30.3. The minimum Gasteiger partial charge on any atom is -0.493 e. The number of carbonyl (C=O) groups is 6. The minimum absolute atomic E-state index is 0.0395. The fraction of sp³-hybridized carbons (Fsp3) is 0.667. The molecule has 5 saturated heterocycles. The number of alkyl carbamates (subject to hydrolysis) is 1. The number of allylic oxidation sites excluding steroid dienone is 3. The molecule has 0 spiro atoms. The zero-order valence-corrected chi connectivity index (χ0v) is 62.1. The second kappa shape index (κ2) is 36.9. The molecule has 5 fully saturated rings. The van der Waals surface area contributed by atoms with E-state index in [2.05, 4.69) is 51.1 Å². The van der Waals surface area contributed by atoms with E-state index in [1.54, 1.807) is 57.9 Å². The molecule has 19 atom stereocenters. The first-order valence-electron chi connectivity index (χ1n) is 32.4. The number of rotatable bonds is 26. The molecule has 6 aliphatic rings. The fourth-order valence-corrected chi connectivity index (χ4v) is 16.8. The van der Waals surface area contributed by atoms with Crippen molar-refractivity contribution in [2.24, 2.45) is 0 Å². The number of hydroxylamine groups is 1. The quantitative estimate of drug-likeness (QED) is 0.0216. The van der Waals surface area contributed by atoms with Crippen molar-refractivity contribution in [1.82, 2.24) is 20.6 Å². The Morgan fingerprint density at radius 1 is 0.898 bits per heavy atom. The predicted octanol–water partition coefficient (Wildman–Crippen LogP) is 3.43. The van der Waals surface area contributed by atoms with Crippen LogP contribution in [0.5, 0.6) is 11.5 Å². The first kappa shape index (κ1) is 80.5. The number of hydrogen-bond donors (Lipinski definition) is 8. The molecule has 28 nitrogen and oxygen atoms in total. The molecule has 1 aliphatic carbocycles. The van der Waals surface area contributed by atoms with Crippen molar-refractivity contribution in [2.45, 2.75) is 220 Å². The second-order valence-corrected chi connectivity index (χ2v) is 32.6. The van der Waals surface area contributed by atoms with Gasteiger partial charge in [-0.25, -0.2) is 4.79 Å². The highest BCUT2D eigenvalue weighted by Gasteiger charge is 2.51. The van der Waals surface area contributed by atoms with Gasteiger partial charge in [-0.15, -0.1) is 11.8 Å². The predicted molar refractivity (Wildman–Crippen MR) is 367 cm³/mol. The Morgan fingerprint density at radius 2 is 1.61 bits per heavy atom. The molecule has 4 amide bonds. The number of nitrogens with zero attached hydrogens (tertiary/aromatic N) is 2. The molecule has 7 rings (SSSR count). The number of methoxy groups -OCH3 is 5. The van der Waals surface area contributed by atoms with Gasteiger partial charge in [-0.1, -0.05) is 29.7 Å². The molecule has 8 N–H and O–H groups in total. The summed E-state index contributed by atoms with van der Waals surface area (Å²) in [5, 5.41) is 56.2. The van der Waals surface area contributed by atoms with E-state index < -0.39 is 140 Å². The third-order valence-corrected chi connectivity index (χ3v) is 23.5. The zero-order valence-electron chi connectivity index (χ0n) is 57.3. The number of thioether (sulfide) groups is 2. The SMILES string of the molecule is CCN(C(C)=O)C1COC(OC2C(O[C@@H](C#C/C=C\C#CO)C3=C(NC(=O)OC)C(=O)CC/C3=C/CSC3CC(=O)N(CCC[Si](C)(C)O)C3=O)OC(C)C(NOC3CC(O)C(SC(=O)c4c(C)c(I)c(CC5OC(C)C(O)C(OC)C5O)c(OC)c4OC)C(C)O3)C2O)CC1OC. The number of ether oxygens (including phenoxy) is 11. The number of halogens is 1. The number of imide groups is 1. The van der Waals surface area contributed by atoms with E-state index in [0.29, 0.717) is 39.3 Å². The summed E-state index contributed by atoms with van der Waals surface area (Å²) in [6, 6.07) is -1.19. The lowest BCUT2D eigenvalue weighted by Crippen LogP contribution is -2.65. The van der Waals surface area contributed by atoms with E-state index in [4.69, 9.17) is 56.9 Å². The topological polar surface area (TPSA) is 365 Å². The molecule has 18 unspecified atom stereocenters. The smallest absolute Gasteiger partial charge is 0.411 e. The molecular formula is C66H93IN4O24S2Si. The molecule has 5 heterocycles. The third kappa shape index (κ3) is 19.7. The van der Waals surface area contributed by atoms with Gasteiger partial charge in [-0.05, 0) is 118 Å². The summed E-state index contributed by atoms with van der Waals surface area (Å²) in [6.45, 7) is 14.0. The lowest BCUT2D eigenvalue weighted by Gasteiger charge is -2.47. The summed E-state index contributed by atoms with van der Waals surface area (Å²) in [4.78, 5) is 101. The number of hydrogen-bond acceptors (Lipinski definition) is 27. The second-order valence-electron chi connectivity index (χ2n) is 25.1. The average Bonchev–Trinajstić information content (AvgIpc) is 0.815. The maximum absolute atomic E-state index is 14.6. The van der Waals surface area contributed by atoms with Crippen LogP contribution in [0.2, 0.25) is 19.1 Å². The Bertz CT molecular complexity index is 3230. The van der Waals surface area contributed by atoms with E-state index >= 15 is 0 Å². The van der Waals surface area contributed by atoms with Crippen molar-refractivity contribution in [1.29, 1.82) is 0 Å². The summed E-state index contributed by atoms with van der Waals surface area (Å²) in [7, 11) is 4.39. The first-order valence-corrected chi connectivity index (χ1v) is 38.5. The normalized spacial score (nSPS) is 31.5. The summed E-state index contributed by atoms with van der Waals surface area (Å²) in [5.74, 6) is 7.23. The largest absolute Gasteiger partial charge is 0.493 e. The van der Waals surface area contributed by atoms with Gasteiger partial charge in [-0.3, -0.25) is 39.0 Å². The van der Waals surface area contributed by atoms with Gasteiger partial charge in [0.1, 0.15) is 42.7 Å². The van der Waals surface area contributed by atoms with Crippen LogP contribution in [-0.2, 0) is 73.1 Å². The van der Waals surface area contributed by atoms with Crippen LogP contribution in [0.25, 0.3) is 0 Å². The molecule has 0 bridgehead atoms. The first-order chi connectivity index (χ1) is 46.6. The highest BCUT2D eigenvalue weighted by atomic mass is 127. The number of carbonyl (C=O) groups excluding carboxylic acids is 6. The number of nitrogens with one attached hydrogen (secondary N) is 2. The number of amides is 4. The fourth-order valence-electron chi connectivity index (χ4n) is 12.9. The van der Waals surface area contributed by atoms with Gasteiger partial charge >= 0.3 is 6.09 Å². The maximum Gasteiger partial charge on any atom is 0.411 e. The van der Waals surface area contributed by atoms with Crippen LogP contribution in [0.15, 0.2) is 35.1 Å². The van der Waals surface area contributed by atoms with Crippen LogP contribution in [0.3, 0.4) is 0 Å². The van der Waals surface area contributed by atoms with Crippen LogP contribution < -0.4 is 20.3 Å². The lowest BCUT2D eigenvalue weighted by molar-refractivity contribution is -0.337. The Balaban J connectivity index is 1.15. The third-order valence-electron chi connectivity index (χ3n) is 18.0. The molecule has 1 aromatic carbocycles. The van der Waals surface area contributed by atoms with Crippen molar-refractivity contribution in [3.05, 3.63) is 55.3 Å². The van der Waals surface area contributed by atoms with Crippen LogP contribution in [0.4, 0.5) is 4.79 Å². The Morgan fingerprint density at radius 3 is 2.24 bits per heavy atom. The van der Waals surface area contributed by atoms with Crippen LogP contribution >= 0.6 is 46.1 Å². The highest BCUT2D eigenvalue weighted by molar-refractivity contribution is 14.1. The summed E-state index contributed by atoms with van der Waals surface area (Å²) < 4.78 is 67.5. The molecule has 5 aliphatic heterocycles. The van der Waals surface area contributed by atoms with Crippen molar-refractivity contribution >= 4 is 89.1 Å². The maximum atomic E-state index is 14.6. The number of Topliss-reactive ketones (excluding diaryl/α,β-unsaturated/α-hetero) is 1. The van der Waals surface area contributed by atoms with E-state index in [0.717, 1.165) is 18.9 Å². The van der Waals surface area contributed by atoms with E-state index in [1.165, 1.54) is 64.2 Å². The van der Waals surface area contributed by atoms with Crippen molar-refractivity contribution < 1.29 is 116 Å². The number of ketones is 1. The zero-order chi connectivity index (χ0) is 72.0. The van der Waals surface area contributed by atoms with Crippen molar-refractivity contribution in [2.75, 3.05) is 61.0 Å². The average molecular weight is 1550 g/mol. The molecule has 32 heteroatoms. The Hall–Kier alpha value is -4.77. The van der Waals surface area contributed by atoms with E-state index in [-0.39, 0.29) is 103 Å².